The number of hydrogen-bond acceptors (Lipinski definition) is 6. The molecule has 3 heterocycles. The number of aryl methyl sites for hydroxylation is 2. The highest BCUT2D eigenvalue weighted by Gasteiger charge is 2.34. The van der Waals surface area contributed by atoms with E-state index >= 15 is 0 Å². The fourth-order valence-electron chi connectivity index (χ4n) is 2.47. The Hall–Kier alpha value is -1.84. The molecule has 0 unspecified atom stereocenters. The summed E-state index contributed by atoms with van der Waals surface area (Å²) >= 11 is 0. The molecular formula is C13H17N5O3S. The first-order chi connectivity index (χ1) is 10.5. The Morgan fingerprint density at radius 1 is 1.36 bits per heavy atom. The third-order valence-electron chi connectivity index (χ3n) is 3.53. The second-order valence-corrected chi connectivity index (χ2v) is 7.01. The number of sulfonamides is 1. The van der Waals surface area contributed by atoms with Crippen LogP contribution in [-0.4, -0.2) is 52.2 Å². The number of hydrogen-bond donors (Lipinski definition) is 0. The van der Waals surface area contributed by atoms with Crippen molar-refractivity contribution >= 4 is 10.0 Å². The fourth-order valence-corrected chi connectivity index (χ4v) is 4.09. The summed E-state index contributed by atoms with van der Waals surface area (Å²) in [6, 6.07) is 0. The van der Waals surface area contributed by atoms with Gasteiger partial charge < -0.3 is 4.74 Å². The molecule has 0 saturated carbocycles. The Bertz CT molecular complexity index is 759. The van der Waals surface area contributed by atoms with Crippen LogP contribution in [0.15, 0.2) is 29.7 Å². The summed E-state index contributed by atoms with van der Waals surface area (Å²) in [6.07, 6.45) is 5.85. The van der Waals surface area contributed by atoms with E-state index in [9.17, 15) is 8.42 Å². The van der Waals surface area contributed by atoms with Crippen LogP contribution in [-0.2, 0) is 21.8 Å². The largest absolute Gasteiger partial charge is 0.369 e. The Morgan fingerprint density at radius 3 is 2.82 bits per heavy atom. The number of aromatic nitrogens is 4. The third kappa shape index (κ3) is 2.74. The van der Waals surface area contributed by atoms with Gasteiger partial charge in [-0.1, -0.05) is 0 Å². The first-order valence-electron chi connectivity index (χ1n) is 6.86. The summed E-state index contributed by atoms with van der Waals surface area (Å²) in [5, 5.41) is 4.11. The molecule has 9 heteroatoms. The molecule has 0 bridgehead atoms. The van der Waals surface area contributed by atoms with Crippen LogP contribution >= 0.6 is 0 Å². The van der Waals surface area contributed by atoms with Gasteiger partial charge in [-0.25, -0.2) is 8.42 Å². The lowest BCUT2D eigenvalue weighted by Crippen LogP contribution is -2.42. The van der Waals surface area contributed by atoms with Crippen molar-refractivity contribution in [3.05, 3.63) is 36.2 Å². The molecule has 22 heavy (non-hydrogen) atoms. The molecule has 0 radical (unpaired) electrons. The zero-order valence-corrected chi connectivity index (χ0v) is 13.2. The van der Waals surface area contributed by atoms with Gasteiger partial charge >= 0.3 is 0 Å². The van der Waals surface area contributed by atoms with Crippen LogP contribution in [0.3, 0.4) is 0 Å². The van der Waals surface area contributed by atoms with Crippen molar-refractivity contribution in [3.63, 3.8) is 0 Å². The number of morpholine rings is 1. The van der Waals surface area contributed by atoms with E-state index in [-0.39, 0.29) is 11.4 Å². The predicted molar refractivity (Wildman–Crippen MR) is 77.4 cm³/mol. The molecule has 1 aliphatic rings. The van der Waals surface area contributed by atoms with Crippen molar-refractivity contribution in [1.29, 1.82) is 0 Å². The molecule has 1 saturated heterocycles. The van der Waals surface area contributed by atoms with Gasteiger partial charge in [0, 0.05) is 38.7 Å². The molecule has 0 N–H and O–H groups in total. The quantitative estimate of drug-likeness (QED) is 0.806. The van der Waals surface area contributed by atoms with Crippen LogP contribution in [0.2, 0.25) is 0 Å². The zero-order valence-electron chi connectivity index (χ0n) is 12.4. The van der Waals surface area contributed by atoms with E-state index in [2.05, 4.69) is 15.1 Å². The molecular weight excluding hydrogens is 306 g/mol. The first kappa shape index (κ1) is 15.1. The monoisotopic (exact) mass is 323 g/mol. The van der Waals surface area contributed by atoms with Gasteiger partial charge in [0.25, 0.3) is 0 Å². The highest BCUT2D eigenvalue weighted by molar-refractivity contribution is 7.89. The van der Waals surface area contributed by atoms with Crippen LogP contribution < -0.4 is 0 Å². The van der Waals surface area contributed by atoms with Crippen molar-refractivity contribution in [1.82, 2.24) is 24.1 Å². The summed E-state index contributed by atoms with van der Waals surface area (Å²) in [4.78, 5) is 8.42. The average molecular weight is 323 g/mol. The normalized spacial score (nSPS) is 20.2. The fraction of sp³-hybridized carbons (Fsp3) is 0.462. The van der Waals surface area contributed by atoms with Gasteiger partial charge in [-0.15, -0.1) is 0 Å². The smallest absolute Gasteiger partial charge is 0.246 e. The minimum absolute atomic E-state index is 0.218. The summed E-state index contributed by atoms with van der Waals surface area (Å²) in [5.41, 5.74) is 1.12. The highest BCUT2D eigenvalue weighted by Crippen LogP contribution is 2.26. The standard InChI is InChI=1S/C13H17N5O3S/c1-10-13(9-17(2)16-10)22(19,20)18-5-6-21-12(8-18)11-7-14-3-4-15-11/h3-4,7,9,12H,5-6,8H2,1-2H3/t12-/m1/s1. The molecule has 0 aromatic carbocycles. The highest BCUT2D eigenvalue weighted by atomic mass is 32.2. The van der Waals surface area contributed by atoms with E-state index in [0.717, 1.165) is 0 Å². The summed E-state index contributed by atoms with van der Waals surface area (Å²) in [7, 11) is -1.89. The SMILES string of the molecule is Cc1nn(C)cc1S(=O)(=O)N1CCO[C@@H](c2cnccn2)C1. The summed E-state index contributed by atoms with van der Waals surface area (Å²) in [5.74, 6) is 0. The van der Waals surface area contributed by atoms with E-state index < -0.39 is 16.1 Å². The van der Waals surface area contributed by atoms with E-state index in [4.69, 9.17) is 4.74 Å². The molecule has 2 aromatic heterocycles. The van der Waals surface area contributed by atoms with Gasteiger partial charge in [0.1, 0.15) is 11.0 Å². The topological polar surface area (TPSA) is 90.2 Å². The zero-order chi connectivity index (χ0) is 15.7. The minimum atomic E-state index is -3.59. The van der Waals surface area contributed by atoms with E-state index in [0.29, 0.717) is 24.5 Å². The molecule has 0 aliphatic carbocycles. The number of ether oxygens (including phenoxy) is 1. The maximum absolute atomic E-state index is 12.8. The van der Waals surface area contributed by atoms with Crippen molar-refractivity contribution in [3.8, 4) is 0 Å². The number of rotatable bonds is 3. The third-order valence-corrected chi connectivity index (χ3v) is 5.50. The second-order valence-electron chi connectivity index (χ2n) is 5.11. The van der Waals surface area contributed by atoms with Crippen LogP contribution in [0.4, 0.5) is 0 Å². The van der Waals surface area contributed by atoms with Gasteiger partial charge in [-0.05, 0) is 6.92 Å². The first-order valence-corrected chi connectivity index (χ1v) is 8.30. The Labute approximate surface area is 128 Å². The van der Waals surface area contributed by atoms with Crippen LogP contribution in [0.5, 0.6) is 0 Å². The lowest BCUT2D eigenvalue weighted by molar-refractivity contribution is -0.00515. The van der Waals surface area contributed by atoms with Gasteiger partial charge in [-0.3, -0.25) is 14.6 Å². The van der Waals surface area contributed by atoms with Crippen LogP contribution in [0.1, 0.15) is 17.5 Å². The molecule has 0 amide bonds. The Balaban J connectivity index is 1.87. The molecule has 3 rings (SSSR count). The molecule has 1 aliphatic heterocycles. The molecule has 8 nitrogen and oxygen atoms in total. The Morgan fingerprint density at radius 2 is 2.18 bits per heavy atom. The van der Waals surface area contributed by atoms with Crippen molar-refractivity contribution < 1.29 is 13.2 Å². The van der Waals surface area contributed by atoms with Gasteiger partial charge in [-0.2, -0.15) is 9.40 Å². The second kappa shape index (κ2) is 5.75. The molecule has 0 spiro atoms. The average Bonchev–Trinajstić information content (AvgIpc) is 2.88. The van der Waals surface area contributed by atoms with E-state index in [1.807, 2.05) is 0 Å². The maximum Gasteiger partial charge on any atom is 0.246 e. The summed E-state index contributed by atoms with van der Waals surface area (Å²) in [6.45, 7) is 2.54. The molecule has 2 aromatic rings. The minimum Gasteiger partial charge on any atom is -0.369 e. The summed E-state index contributed by atoms with van der Waals surface area (Å²) < 4.78 is 34.1. The van der Waals surface area contributed by atoms with E-state index in [1.54, 1.807) is 32.6 Å². The lowest BCUT2D eigenvalue weighted by Gasteiger charge is -2.31. The molecule has 118 valence electrons. The molecule has 1 atom stereocenters. The van der Waals surface area contributed by atoms with Crippen molar-refractivity contribution in [2.75, 3.05) is 19.7 Å². The van der Waals surface area contributed by atoms with Crippen LogP contribution in [0, 0.1) is 6.92 Å². The Kier molecular flexibility index (Phi) is 3.94. The lowest BCUT2D eigenvalue weighted by atomic mass is 10.2. The van der Waals surface area contributed by atoms with Crippen LogP contribution in [0.25, 0.3) is 0 Å². The number of nitrogens with zero attached hydrogens (tertiary/aromatic N) is 5. The van der Waals surface area contributed by atoms with Crippen molar-refractivity contribution in [2.45, 2.75) is 17.9 Å². The van der Waals surface area contributed by atoms with Gasteiger partial charge in [0.15, 0.2) is 0 Å². The van der Waals surface area contributed by atoms with E-state index in [1.165, 1.54) is 15.2 Å². The van der Waals surface area contributed by atoms with Crippen molar-refractivity contribution in [2.24, 2.45) is 7.05 Å². The predicted octanol–water partition coefficient (Wildman–Crippen LogP) is 0.281. The maximum atomic E-state index is 12.8. The molecule has 1 fully saturated rings. The van der Waals surface area contributed by atoms with Gasteiger partial charge in [0.2, 0.25) is 10.0 Å². The van der Waals surface area contributed by atoms with Gasteiger partial charge in [0.05, 0.1) is 24.2 Å².